The summed E-state index contributed by atoms with van der Waals surface area (Å²) in [6.07, 6.45) is 3.09. The average molecular weight is 589 g/mol. The van der Waals surface area contributed by atoms with Gasteiger partial charge in [-0.15, -0.1) is 6.58 Å². The van der Waals surface area contributed by atoms with E-state index >= 15 is 0 Å². The molecule has 2 amide bonds. The monoisotopic (exact) mass is 588 g/mol. The minimum absolute atomic E-state index is 0.166. The number of nitrogens with zero attached hydrogens (tertiary/aromatic N) is 3. The second-order valence-electron chi connectivity index (χ2n) is 8.92. The smallest absolute Gasteiger partial charge is 0.408 e. The highest BCUT2D eigenvalue weighted by Gasteiger charge is 2.18. The Kier molecular flexibility index (Phi) is 9.24. The molecule has 0 fully saturated rings. The number of fused-ring (bicyclic) bond motifs is 1. The summed E-state index contributed by atoms with van der Waals surface area (Å²) in [5, 5.41) is 7.21. The Hall–Kier alpha value is -4.28. The van der Waals surface area contributed by atoms with Crippen LogP contribution in [0, 0.1) is 0 Å². The molecule has 1 aromatic heterocycles. The summed E-state index contributed by atoms with van der Waals surface area (Å²) in [4.78, 5) is 35.1. The van der Waals surface area contributed by atoms with Crippen molar-refractivity contribution in [2.45, 2.75) is 12.5 Å². The number of carbonyl (C=O) groups is 2. The number of anilines is 2. The van der Waals surface area contributed by atoms with Crippen LogP contribution in [0.1, 0.15) is 28.4 Å². The Morgan fingerprint density at radius 1 is 1.13 bits per heavy atom. The fraction of sp³-hybridized carbons (Fsp3) is 0.172. The number of hydrogen-bond acceptors (Lipinski definition) is 7. The van der Waals surface area contributed by atoms with Crippen LogP contribution in [0.15, 0.2) is 90.2 Å². The largest absolute Gasteiger partial charge is 0.410 e. The molecule has 4 N–H and O–H groups in total. The molecule has 0 saturated carbocycles. The first-order valence-electron chi connectivity index (χ1n) is 12.3. The first-order valence-corrected chi connectivity index (χ1v) is 13.1. The van der Waals surface area contributed by atoms with Gasteiger partial charge in [-0.25, -0.2) is 14.8 Å². The molecular formula is C29H29BrN6O3. The Morgan fingerprint density at radius 3 is 2.64 bits per heavy atom. The van der Waals surface area contributed by atoms with Gasteiger partial charge in [0.1, 0.15) is 17.7 Å². The molecule has 0 saturated heterocycles. The van der Waals surface area contributed by atoms with Crippen molar-refractivity contribution in [2.24, 2.45) is 5.73 Å². The molecule has 0 aliphatic heterocycles. The molecule has 10 heteroatoms. The van der Waals surface area contributed by atoms with Crippen molar-refractivity contribution >= 4 is 50.3 Å². The molecular weight excluding hydrogens is 560 g/mol. The van der Waals surface area contributed by atoms with Crippen molar-refractivity contribution < 1.29 is 14.3 Å². The van der Waals surface area contributed by atoms with Crippen molar-refractivity contribution in [3.63, 3.8) is 0 Å². The van der Waals surface area contributed by atoms with Gasteiger partial charge >= 0.3 is 6.09 Å². The van der Waals surface area contributed by atoms with Crippen LogP contribution in [-0.4, -0.2) is 47.0 Å². The van der Waals surface area contributed by atoms with Crippen LogP contribution in [0.3, 0.4) is 0 Å². The number of hydrogen-bond donors (Lipinski definition) is 3. The van der Waals surface area contributed by atoms with Crippen molar-refractivity contribution in [2.75, 3.05) is 30.8 Å². The lowest BCUT2D eigenvalue weighted by Gasteiger charge is -2.24. The Labute approximate surface area is 235 Å². The molecule has 1 unspecified atom stereocenters. The fourth-order valence-electron chi connectivity index (χ4n) is 4.15. The number of benzene rings is 3. The van der Waals surface area contributed by atoms with Gasteiger partial charge in [-0.05, 0) is 67.6 Å². The highest BCUT2D eigenvalue weighted by molar-refractivity contribution is 9.10. The molecule has 4 rings (SSSR count). The van der Waals surface area contributed by atoms with Crippen LogP contribution in [0.25, 0.3) is 10.9 Å². The summed E-state index contributed by atoms with van der Waals surface area (Å²) in [6.45, 7) is 5.35. The average Bonchev–Trinajstić information content (AvgIpc) is 2.91. The van der Waals surface area contributed by atoms with Crippen LogP contribution >= 0.6 is 15.9 Å². The fourth-order valence-corrected chi connectivity index (χ4v) is 4.42. The summed E-state index contributed by atoms with van der Waals surface area (Å²) in [6, 6.07) is 20.0. The maximum Gasteiger partial charge on any atom is 0.410 e. The molecule has 9 nitrogen and oxygen atoms in total. The van der Waals surface area contributed by atoms with E-state index in [4.69, 9.17) is 10.5 Å². The van der Waals surface area contributed by atoms with E-state index in [9.17, 15) is 9.59 Å². The molecule has 200 valence electrons. The van der Waals surface area contributed by atoms with E-state index in [1.165, 1.54) is 6.33 Å². The van der Waals surface area contributed by atoms with E-state index in [2.05, 4.69) is 48.0 Å². The standard InChI is InChI=1S/C29H29BrN6O3/c1-3-15-36(2)16-14-24(35-27-23-8-5-9-25(39-29(31)38)26(23)32-18-33-27)20-6-4-7-22(17-20)34-28(37)19-10-12-21(30)13-11-19/h3-13,17-18,24H,1,14-16H2,2H3,(H2,31,38)(H,34,37)(H,32,33,35). The van der Waals surface area contributed by atoms with Gasteiger partial charge in [0.15, 0.2) is 5.75 Å². The lowest BCUT2D eigenvalue weighted by molar-refractivity contribution is 0.102. The predicted molar refractivity (Wildman–Crippen MR) is 157 cm³/mol. The van der Waals surface area contributed by atoms with Gasteiger partial charge in [-0.2, -0.15) is 0 Å². The highest BCUT2D eigenvalue weighted by Crippen LogP contribution is 2.31. The van der Waals surface area contributed by atoms with Gasteiger partial charge in [0.05, 0.1) is 6.04 Å². The van der Waals surface area contributed by atoms with Crippen LogP contribution in [0.4, 0.5) is 16.3 Å². The second kappa shape index (κ2) is 13.0. The molecule has 1 heterocycles. The Morgan fingerprint density at radius 2 is 1.90 bits per heavy atom. The zero-order chi connectivity index (χ0) is 27.8. The predicted octanol–water partition coefficient (Wildman–Crippen LogP) is 5.76. The molecule has 0 aliphatic rings. The molecule has 4 aromatic rings. The number of nitrogens with two attached hydrogens (primary N) is 1. The third-order valence-electron chi connectivity index (χ3n) is 6.04. The van der Waals surface area contributed by atoms with E-state index in [1.807, 2.05) is 55.6 Å². The van der Waals surface area contributed by atoms with E-state index in [0.717, 1.165) is 29.5 Å². The number of aromatic nitrogens is 2. The number of halogens is 1. The molecule has 3 aromatic carbocycles. The second-order valence-corrected chi connectivity index (χ2v) is 9.83. The van der Waals surface area contributed by atoms with Crippen LogP contribution in [-0.2, 0) is 0 Å². The molecule has 0 aliphatic carbocycles. The number of primary amides is 1. The summed E-state index contributed by atoms with van der Waals surface area (Å²) >= 11 is 3.39. The van der Waals surface area contributed by atoms with Crippen molar-refractivity contribution in [3.05, 3.63) is 101 Å². The van der Waals surface area contributed by atoms with Crippen molar-refractivity contribution in [1.29, 1.82) is 0 Å². The maximum atomic E-state index is 12.8. The molecule has 39 heavy (non-hydrogen) atoms. The van der Waals surface area contributed by atoms with Crippen LogP contribution < -0.4 is 21.1 Å². The first kappa shape index (κ1) is 27.7. The number of nitrogens with one attached hydrogen (secondary N) is 2. The lowest BCUT2D eigenvalue weighted by Crippen LogP contribution is -2.24. The first-order chi connectivity index (χ1) is 18.8. The number of amides is 2. The molecule has 1 atom stereocenters. The van der Waals surface area contributed by atoms with Gasteiger partial charge in [-0.1, -0.05) is 40.2 Å². The van der Waals surface area contributed by atoms with Gasteiger partial charge in [0.25, 0.3) is 5.91 Å². The van der Waals surface area contributed by atoms with Crippen molar-refractivity contribution in [1.82, 2.24) is 14.9 Å². The molecule has 0 radical (unpaired) electrons. The van der Waals surface area contributed by atoms with Gasteiger partial charge in [0, 0.05) is 34.2 Å². The minimum Gasteiger partial charge on any atom is -0.408 e. The summed E-state index contributed by atoms with van der Waals surface area (Å²) in [5.41, 5.74) is 7.90. The Balaban J connectivity index is 1.63. The zero-order valence-corrected chi connectivity index (χ0v) is 23.0. The normalized spacial score (nSPS) is 11.7. The Bertz CT molecular complexity index is 1480. The van der Waals surface area contributed by atoms with E-state index in [-0.39, 0.29) is 17.7 Å². The maximum absolute atomic E-state index is 12.8. The quantitative estimate of drug-likeness (QED) is 0.190. The molecule has 0 spiro atoms. The van der Waals surface area contributed by atoms with Gasteiger partial charge < -0.3 is 26.0 Å². The van der Waals surface area contributed by atoms with Gasteiger partial charge in [-0.3, -0.25) is 4.79 Å². The SMILES string of the molecule is C=CCN(C)CCC(Nc1ncnc2c(OC(N)=O)cccc12)c1cccc(NC(=O)c2ccc(Br)cc2)c1. The highest BCUT2D eigenvalue weighted by atomic mass is 79.9. The number of ether oxygens (including phenoxy) is 1. The van der Waals surface area contributed by atoms with E-state index < -0.39 is 6.09 Å². The van der Waals surface area contributed by atoms with Crippen molar-refractivity contribution in [3.8, 4) is 5.75 Å². The van der Waals surface area contributed by atoms with Gasteiger partial charge in [0.2, 0.25) is 0 Å². The van der Waals surface area contributed by atoms with Crippen LogP contribution in [0.2, 0.25) is 0 Å². The third kappa shape index (κ3) is 7.40. The number of likely N-dealkylation sites (N-methyl/N-ethyl adjacent to an activating group) is 1. The summed E-state index contributed by atoms with van der Waals surface area (Å²) < 4.78 is 6.04. The summed E-state index contributed by atoms with van der Waals surface area (Å²) in [7, 11) is 2.03. The topological polar surface area (TPSA) is 122 Å². The zero-order valence-electron chi connectivity index (χ0n) is 21.4. The third-order valence-corrected chi connectivity index (χ3v) is 6.57. The summed E-state index contributed by atoms with van der Waals surface area (Å²) in [5.74, 6) is 0.639. The number of rotatable bonds is 11. The minimum atomic E-state index is -0.916. The van der Waals surface area contributed by atoms with E-state index in [1.54, 1.807) is 24.3 Å². The van der Waals surface area contributed by atoms with Crippen LogP contribution in [0.5, 0.6) is 5.75 Å². The number of carbonyl (C=O) groups excluding carboxylic acids is 2. The molecule has 0 bridgehead atoms. The van der Waals surface area contributed by atoms with E-state index in [0.29, 0.717) is 28.0 Å². The lowest BCUT2D eigenvalue weighted by atomic mass is 10.0. The number of para-hydroxylation sites is 1.